The number of rotatable bonds is 8. The maximum atomic E-state index is 13.0. The minimum atomic E-state index is 0.0465. The maximum absolute atomic E-state index is 13.0. The van der Waals surface area contributed by atoms with Crippen LogP contribution in [0, 0.1) is 6.92 Å². The van der Waals surface area contributed by atoms with Crippen LogP contribution in [0.4, 0.5) is 5.69 Å². The summed E-state index contributed by atoms with van der Waals surface area (Å²) < 4.78 is 8.35. The number of imidazole rings is 1. The molecule has 0 aliphatic carbocycles. The Hall–Kier alpha value is -3.60. The van der Waals surface area contributed by atoms with Crippen molar-refractivity contribution in [2.45, 2.75) is 52.0 Å². The smallest absolute Gasteiger partial charge is 0.227 e. The van der Waals surface area contributed by atoms with Gasteiger partial charge in [-0.3, -0.25) is 4.79 Å². The molecule has 1 fully saturated rings. The molecule has 1 aromatic heterocycles. The molecule has 5 nitrogen and oxygen atoms in total. The molecule has 0 bridgehead atoms. The molecule has 1 amide bonds. The number of hydrogen-bond acceptors (Lipinski definition) is 3. The number of aryl methyl sites for hydroxylation is 1. The molecule has 5 rings (SSSR count). The van der Waals surface area contributed by atoms with Gasteiger partial charge in [-0.15, -0.1) is 0 Å². The normalized spacial score (nSPS) is 16.7. The summed E-state index contributed by atoms with van der Waals surface area (Å²) in [6.07, 6.45) is 1.59. The molecule has 0 N–H and O–H groups in total. The van der Waals surface area contributed by atoms with Gasteiger partial charge in [-0.1, -0.05) is 50.2 Å². The number of fused-ring (bicyclic) bond motifs is 1. The summed E-state index contributed by atoms with van der Waals surface area (Å²) in [7, 11) is 0. The lowest BCUT2D eigenvalue weighted by atomic mass is 9.99. The molecule has 5 heteroatoms. The molecule has 180 valence electrons. The SMILES string of the molecule is CCC(C)c1ccc(OCCn2c(C3CC(=O)N(c4cccc(C)c4)C3)nc3ccccc32)cc1. The molecule has 35 heavy (non-hydrogen) atoms. The fraction of sp³-hybridized carbons (Fsp3) is 0.333. The van der Waals surface area contributed by atoms with Crippen molar-refractivity contribution in [1.82, 2.24) is 9.55 Å². The first-order chi connectivity index (χ1) is 17.0. The number of aromatic nitrogens is 2. The van der Waals surface area contributed by atoms with E-state index in [0.29, 0.717) is 32.0 Å². The summed E-state index contributed by atoms with van der Waals surface area (Å²) in [4.78, 5) is 19.8. The summed E-state index contributed by atoms with van der Waals surface area (Å²) in [5.74, 6) is 2.59. The third-order valence-electron chi connectivity index (χ3n) is 7.13. The fourth-order valence-electron chi connectivity index (χ4n) is 4.95. The molecular weight excluding hydrogens is 434 g/mol. The number of nitrogens with zero attached hydrogens (tertiary/aromatic N) is 3. The second-order valence-electron chi connectivity index (χ2n) is 9.58. The zero-order valence-corrected chi connectivity index (χ0v) is 20.8. The summed E-state index contributed by atoms with van der Waals surface area (Å²) >= 11 is 0. The Balaban J connectivity index is 1.35. The van der Waals surface area contributed by atoms with E-state index in [1.807, 2.05) is 35.2 Å². The summed E-state index contributed by atoms with van der Waals surface area (Å²) in [5.41, 5.74) is 5.50. The van der Waals surface area contributed by atoms with Crippen LogP contribution in [0.3, 0.4) is 0 Å². The van der Waals surface area contributed by atoms with E-state index in [-0.39, 0.29) is 11.8 Å². The molecule has 1 aliphatic rings. The van der Waals surface area contributed by atoms with E-state index < -0.39 is 0 Å². The average molecular weight is 468 g/mol. The van der Waals surface area contributed by atoms with Gasteiger partial charge in [0.15, 0.2) is 0 Å². The average Bonchev–Trinajstić information content (AvgIpc) is 3.44. The lowest BCUT2D eigenvalue weighted by Gasteiger charge is -2.18. The molecule has 2 heterocycles. The van der Waals surface area contributed by atoms with E-state index in [1.165, 1.54) is 5.56 Å². The van der Waals surface area contributed by atoms with Crippen LogP contribution in [-0.4, -0.2) is 28.6 Å². The van der Waals surface area contributed by atoms with Crippen molar-refractivity contribution in [3.05, 3.63) is 89.7 Å². The zero-order valence-electron chi connectivity index (χ0n) is 20.8. The van der Waals surface area contributed by atoms with E-state index in [4.69, 9.17) is 9.72 Å². The fourth-order valence-corrected chi connectivity index (χ4v) is 4.95. The van der Waals surface area contributed by atoms with Gasteiger partial charge in [0.05, 0.1) is 17.6 Å². The molecular formula is C30H33N3O2. The second-order valence-corrected chi connectivity index (χ2v) is 9.58. The predicted octanol–water partition coefficient (Wildman–Crippen LogP) is 6.46. The topological polar surface area (TPSA) is 47.4 Å². The van der Waals surface area contributed by atoms with Gasteiger partial charge >= 0.3 is 0 Å². The molecule has 1 saturated heterocycles. The molecule has 0 spiro atoms. The lowest BCUT2D eigenvalue weighted by Crippen LogP contribution is -2.24. The first-order valence-corrected chi connectivity index (χ1v) is 12.6. The van der Waals surface area contributed by atoms with E-state index in [0.717, 1.165) is 40.3 Å². The van der Waals surface area contributed by atoms with Crippen LogP contribution in [0.25, 0.3) is 11.0 Å². The lowest BCUT2D eigenvalue weighted by molar-refractivity contribution is -0.117. The Labute approximate surface area is 207 Å². The van der Waals surface area contributed by atoms with Crippen molar-refractivity contribution in [1.29, 1.82) is 0 Å². The van der Waals surface area contributed by atoms with Crippen LogP contribution in [0.2, 0.25) is 0 Å². The Morgan fingerprint density at radius 1 is 1.06 bits per heavy atom. The van der Waals surface area contributed by atoms with Gasteiger partial charge in [0.2, 0.25) is 5.91 Å². The first-order valence-electron chi connectivity index (χ1n) is 12.6. The molecule has 2 unspecified atom stereocenters. The van der Waals surface area contributed by atoms with Crippen molar-refractivity contribution in [2.75, 3.05) is 18.1 Å². The number of anilines is 1. The Kier molecular flexibility index (Phi) is 6.58. The van der Waals surface area contributed by atoms with Crippen molar-refractivity contribution in [2.24, 2.45) is 0 Å². The highest BCUT2D eigenvalue weighted by atomic mass is 16.5. The maximum Gasteiger partial charge on any atom is 0.227 e. The van der Waals surface area contributed by atoms with E-state index in [9.17, 15) is 4.79 Å². The first kappa shape index (κ1) is 23.2. The number of ether oxygens (including phenoxy) is 1. The third-order valence-corrected chi connectivity index (χ3v) is 7.13. The van der Waals surface area contributed by atoms with Crippen LogP contribution in [0.5, 0.6) is 5.75 Å². The van der Waals surface area contributed by atoms with Gasteiger partial charge in [0.1, 0.15) is 18.2 Å². The van der Waals surface area contributed by atoms with Crippen molar-refractivity contribution < 1.29 is 9.53 Å². The van der Waals surface area contributed by atoms with Crippen molar-refractivity contribution in [3.8, 4) is 5.75 Å². The van der Waals surface area contributed by atoms with Crippen molar-refractivity contribution in [3.63, 3.8) is 0 Å². The standard InChI is InChI=1S/C30H33N3O2/c1-4-22(3)23-12-14-26(15-13-23)35-17-16-32-28-11-6-5-10-27(28)31-30(32)24-19-29(34)33(20-24)25-9-7-8-21(2)18-25/h5-15,18,22,24H,4,16-17,19-20H2,1-3H3. The van der Waals surface area contributed by atoms with Gasteiger partial charge in [0, 0.05) is 24.6 Å². The largest absolute Gasteiger partial charge is 0.492 e. The van der Waals surface area contributed by atoms with Crippen LogP contribution in [0.15, 0.2) is 72.8 Å². The quantitative estimate of drug-likeness (QED) is 0.299. The second kappa shape index (κ2) is 9.95. The highest BCUT2D eigenvalue weighted by Gasteiger charge is 2.34. The van der Waals surface area contributed by atoms with E-state index in [1.54, 1.807) is 0 Å². The molecule has 3 aromatic carbocycles. The predicted molar refractivity (Wildman–Crippen MR) is 141 cm³/mol. The zero-order chi connectivity index (χ0) is 24.4. The molecule has 1 aliphatic heterocycles. The minimum absolute atomic E-state index is 0.0465. The number of carbonyl (C=O) groups is 1. The number of para-hydroxylation sites is 2. The Morgan fingerprint density at radius 2 is 1.86 bits per heavy atom. The van der Waals surface area contributed by atoms with Gasteiger partial charge in [-0.2, -0.15) is 0 Å². The van der Waals surface area contributed by atoms with Gasteiger partial charge in [-0.05, 0) is 66.8 Å². The van der Waals surface area contributed by atoms with Crippen LogP contribution in [0.1, 0.15) is 55.5 Å². The molecule has 0 radical (unpaired) electrons. The third kappa shape index (κ3) is 4.81. The highest BCUT2D eigenvalue weighted by Crippen LogP contribution is 2.33. The van der Waals surface area contributed by atoms with Crippen LogP contribution in [-0.2, 0) is 11.3 Å². The van der Waals surface area contributed by atoms with Gasteiger partial charge in [-0.25, -0.2) is 4.98 Å². The van der Waals surface area contributed by atoms with E-state index >= 15 is 0 Å². The van der Waals surface area contributed by atoms with Gasteiger partial charge in [0.25, 0.3) is 0 Å². The Morgan fingerprint density at radius 3 is 2.63 bits per heavy atom. The highest BCUT2D eigenvalue weighted by molar-refractivity contribution is 5.96. The number of carbonyl (C=O) groups excluding carboxylic acids is 1. The summed E-state index contributed by atoms with van der Waals surface area (Å²) in [6, 6.07) is 24.8. The molecule has 0 saturated carbocycles. The van der Waals surface area contributed by atoms with Gasteiger partial charge < -0.3 is 14.2 Å². The van der Waals surface area contributed by atoms with Crippen molar-refractivity contribution >= 4 is 22.6 Å². The number of benzene rings is 3. The molecule has 4 aromatic rings. The minimum Gasteiger partial charge on any atom is -0.492 e. The van der Waals surface area contributed by atoms with Crippen LogP contribution >= 0.6 is 0 Å². The van der Waals surface area contributed by atoms with Crippen LogP contribution < -0.4 is 9.64 Å². The Bertz CT molecular complexity index is 1330. The van der Waals surface area contributed by atoms with E-state index in [2.05, 4.69) is 67.8 Å². The number of amides is 1. The molecule has 2 atom stereocenters. The summed E-state index contributed by atoms with van der Waals surface area (Å²) in [6.45, 7) is 8.37. The monoisotopic (exact) mass is 467 g/mol. The number of hydrogen-bond donors (Lipinski definition) is 0. The summed E-state index contributed by atoms with van der Waals surface area (Å²) in [5, 5.41) is 0.